The summed E-state index contributed by atoms with van der Waals surface area (Å²) in [5.41, 5.74) is 2.92. The number of nitrogens with one attached hydrogen (secondary N) is 1. The van der Waals surface area contributed by atoms with Crippen LogP contribution in [0.4, 0.5) is 17.2 Å². The highest BCUT2D eigenvalue weighted by molar-refractivity contribution is 5.94. The lowest BCUT2D eigenvalue weighted by molar-refractivity contribution is -0.117. The molecule has 146 valence electrons. The summed E-state index contributed by atoms with van der Waals surface area (Å²) < 4.78 is 5.01. The van der Waals surface area contributed by atoms with Gasteiger partial charge < -0.3 is 14.7 Å². The summed E-state index contributed by atoms with van der Waals surface area (Å²) in [7, 11) is 0. The molecule has 0 bridgehead atoms. The largest absolute Gasteiger partial charge is 0.372 e. The number of aryl methyl sites for hydroxylation is 2. The van der Waals surface area contributed by atoms with Crippen molar-refractivity contribution in [1.29, 1.82) is 0 Å². The number of carbonyl (C=O) groups is 2. The Morgan fingerprint density at radius 3 is 2.37 bits per heavy atom. The predicted molar refractivity (Wildman–Crippen MR) is 107 cm³/mol. The van der Waals surface area contributed by atoms with Gasteiger partial charge in [-0.3, -0.25) is 14.5 Å². The number of amides is 2. The highest BCUT2D eigenvalue weighted by Crippen LogP contribution is 2.23. The van der Waals surface area contributed by atoms with Crippen molar-refractivity contribution in [3.8, 4) is 0 Å². The number of hydrogen-bond acceptors (Lipinski definition) is 5. The summed E-state index contributed by atoms with van der Waals surface area (Å²) in [6, 6.07) is 7.68. The summed E-state index contributed by atoms with van der Waals surface area (Å²) in [6.45, 7) is 11.5. The first-order chi connectivity index (χ1) is 12.8. The van der Waals surface area contributed by atoms with Crippen molar-refractivity contribution < 1.29 is 14.1 Å². The molecule has 0 aliphatic rings. The summed E-state index contributed by atoms with van der Waals surface area (Å²) in [5.74, 6) is 0.702. The number of carbonyl (C=O) groups excluding carboxylic acids is 2. The van der Waals surface area contributed by atoms with Crippen molar-refractivity contribution in [2.75, 3.05) is 34.8 Å². The third-order valence-corrected chi connectivity index (χ3v) is 4.45. The zero-order chi connectivity index (χ0) is 20.0. The normalized spacial score (nSPS) is 10.6. The van der Waals surface area contributed by atoms with E-state index in [4.69, 9.17) is 4.52 Å². The molecule has 0 radical (unpaired) electrons. The smallest absolute Gasteiger partial charge is 0.226 e. The monoisotopic (exact) mass is 372 g/mol. The van der Waals surface area contributed by atoms with Gasteiger partial charge in [-0.15, -0.1) is 0 Å². The van der Waals surface area contributed by atoms with E-state index >= 15 is 0 Å². The molecule has 0 atom stereocenters. The lowest BCUT2D eigenvalue weighted by Crippen LogP contribution is -2.32. The molecule has 7 heteroatoms. The SMILES string of the molecule is CCN(CC)c1ccc(NC(=O)CCN(C(C)=O)c2cc(C)on2)c(C)c1. The molecule has 27 heavy (non-hydrogen) atoms. The highest BCUT2D eigenvalue weighted by atomic mass is 16.5. The third kappa shape index (κ3) is 5.32. The average Bonchev–Trinajstić information content (AvgIpc) is 3.04. The summed E-state index contributed by atoms with van der Waals surface area (Å²) >= 11 is 0. The molecule has 0 aliphatic carbocycles. The number of nitrogens with zero attached hydrogens (tertiary/aromatic N) is 3. The minimum Gasteiger partial charge on any atom is -0.372 e. The standard InChI is InChI=1S/C20H28N4O3/c1-6-23(7-2)17-8-9-18(14(3)12-17)21-20(26)10-11-24(16(5)25)19-13-15(4)27-22-19/h8-9,12-13H,6-7,10-11H2,1-5H3,(H,21,26). The molecule has 1 heterocycles. The Morgan fingerprint density at radius 1 is 1.15 bits per heavy atom. The van der Waals surface area contributed by atoms with E-state index in [1.165, 1.54) is 11.8 Å². The quantitative estimate of drug-likeness (QED) is 0.767. The molecule has 2 rings (SSSR count). The minimum atomic E-state index is -0.184. The molecule has 2 amide bonds. The first-order valence-corrected chi connectivity index (χ1v) is 9.22. The molecule has 1 aromatic carbocycles. The molecule has 0 unspecified atom stereocenters. The fraction of sp³-hybridized carbons (Fsp3) is 0.450. The molecule has 0 spiro atoms. The van der Waals surface area contributed by atoms with E-state index in [9.17, 15) is 9.59 Å². The minimum absolute atomic E-state index is 0.153. The van der Waals surface area contributed by atoms with Crippen LogP contribution in [0.25, 0.3) is 0 Å². The Hall–Kier alpha value is -2.83. The number of hydrogen-bond donors (Lipinski definition) is 1. The topological polar surface area (TPSA) is 78.7 Å². The van der Waals surface area contributed by atoms with E-state index in [2.05, 4.69) is 35.3 Å². The second kappa shape index (κ2) is 9.21. The number of benzene rings is 1. The molecule has 0 fully saturated rings. The molecule has 0 aliphatic heterocycles. The van der Waals surface area contributed by atoms with Crippen molar-refractivity contribution in [1.82, 2.24) is 5.16 Å². The van der Waals surface area contributed by atoms with Crippen LogP contribution in [0.2, 0.25) is 0 Å². The molecule has 0 saturated carbocycles. The Morgan fingerprint density at radius 2 is 1.85 bits per heavy atom. The summed E-state index contributed by atoms with van der Waals surface area (Å²) in [5, 5.41) is 6.77. The van der Waals surface area contributed by atoms with Crippen LogP contribution in [0.1, 0.15) is 38.5 Å². The highest BCUT2D eigenvalue weighted by Gasteiger charge is 2.17. The van der Waals surface area contributed by atoms with Gasteiger partial charge in [-0.25, -0.2) is 0 Å². The van der Waals surface area contributed by atoms with Crippen LogP contribution < -0.4 is 15.1 Å². The second-order valence-corrected chi connectivity index (χ2v) is 6.44. The van der Waals surface area contributed by atoms with Crippen LogP contribution in [-0.4, -0.2) is 36.6 Å². The maximum Gasteiger partial charge on any atom is 0.226 e. The van der Waals surface area contributed by atoms with Crippen molar-refractivity contribution in [3.05, 3.63) is 35.6 Å². The molecular formula is C20H28N4O3. The lowest BCUT2D eigenvalue weighted by atomic mass is 10.1. The Labute approximate surface area is 160 Å². The van der Waals surface area contributed by atoms with Crippen molar-refractivity contribution >= 4 is 29.0 Å². The van der Waals surface area contributed by atoms with E-state index in [0.29, 0.717) is 11.6 Å². The first kappa shape index (κ1) is 20.5. The van der Waals surface area contributed by atoms with Crippen molar-refractivity contribution in [2.45, 2.75) is 41.0 Å². The van der Waals surface area contributed by atoms with Gasteiger partial charge in [0.15, 0.2) is 5.82 Å². The van der Waals surface area contributed by atoms with Crippen molar-refractivity contribution in [2.24, 2.45) is 0 Å². The fourth-order valence-electron chi connectivity index (χ4n) is 2.91. The average molecular weight is 372 g/mol. The Bertz CT molecular complexity index is 796. The van der Waals surface area contributed by atoms with Gasteiger partial charge in [-0.05, 0) is 51.5 Å². The first-order valence-electron chi connectivity index (χ1n) is 9.22. The molecule has 1 N–H and O–H groups in total. The summed E-state index contributed by atoms with van der Waals surface area (Å²) in [6.07, 6.45) is 0.169. The van der Waals surface area contributed by atoms with Crippen LogP contribution >= 0.6 is 0 Å². The van der Waals surface area contributed by atoms with Gasteiger partial charge in [0.1, 0.15) is 5.76 Å². The van der Waals surface area contributed by atoms with Crippen LogP contribution in [0.3, 0.4) is 0 Å². The van der Waals surface area contributed by atoms with Crippen molar-refractivity contribution in [3.63, 3.8) is 0 Å². The third-order valence-electron chi connectivity index (χ3n) is 4.45. The van der Waals surface area contributed by atoms with E-state index in [0.717, 1.165) is 30.0 Å². The maximum absolute atomic E-state index is 12.4. The van der Waals surface area contributed by atoms with Gasteiger partial charge >= 0.3 is 0 Å². The van der Waals surface area contributed by atoms with Gasteiger partial charge in [0.05, 0.1) is 0 Å². The van der Waals surface area contributed by atoms with Gasteiger partial charge in [-0.1, -0.05) is 5.16 Å². The zero-order valence-corrected chi connectivity index (χ0v) is 16.7. The van der Waals surface area contributed by atoms with Crippen LogP contribution in [0.15, 0.2) is 28.8 Å². The number of anilines is 3. The number of rotatable bonds is 8. The van der Waals surface area contributed by atoms with E-state index in [1.54, 1.807) is 13.0 Å². The van der Waals surface area contributed by atoms with Crippen LogP contribution in [0, 0.1) is 13.8 Å². The van der Waals surface area contributed by atoms with E-state index in [1.807, 2.05) is 19.1 Å². The number of aromatic nitrogens is 1. The Balaban J connectivity index is 1.99. The molecule has 1 aromatic heterocycles. The molecular weight excluding hydrogens is 344 g/mol. The van der Waals surface area contributed by atoms with Gasteiger partial charge in [0.2, 0.25) is 11.8 Å². The predicted octanol–water partition coefficient (Wildman–Crippen LogP) is 3.52. The van der Waals surface area contributed by atoms with Crippen LogP contribution in [0.5, 0.6) is 0 Å². The maximum atomic E-state index is 12.4. The fourth-order valence-corrected chi connectivity index (χ4v) is 2.91. The summed E-state index contributed by atoms with van der Waals surface area (Å²) in [4.78, 5) is 27.9. The molecule has 0 saturated heterocycles. The zero-order valence-electron chi connectivity index (χ0n) is 16.7. The van der Waals surface area contributed by atoms with Gasteiger partial charge in [-0.2, -0.15) is 0 Å². The second-order valence-electron chi connectivity index (χ2n) is 6.44. The van der Waals surface area contributed by atoms with Crippen LogP contribution in [-0.2, 0) is 9.59 Å². The van der Waals surface area contributed by atoms with E-state index in [-0.39, 0.29) is 24.8 Å². The Kier molecular flexibility index (Phi) is 6.98. The van der Waals surface area contributed by atoms with Gasteiger partial charge in [0, 0.05) is 50.4 Å². The molecule has 2 aromatic rings. The van der Waals surface area contributed by atoms with E-state index < -0.39 is 0 Å². The lowest BCUT2D eigenvalue weighted by Gasteiger charge is -2.22. The van der Waals surface area contributed by atoms with Gasteiger partial charge in [0.25, 0.3) is 0 Å². The molecule has 7 nitrogen and oxygen atoms in total.